The van der Waals surface area contributed by atoms with E-state index in [2.05, 4.69) is 121 Å². The summed E-state index contributed by atoms with van der Waals surface area (Å²) >= 11 is -1.09. The standard InChI is InChI=1S/3C13H18N2O.C7H12NO.C7H9N.C4H12B2.2C2H6.6CH3.K.2Sn/c3*1-10-2-3-13(14-8-10)16-12-9-15-6-4-11(12)5-7-15;9-7-5-8-3-1-6(7)2-4-8;1-6-3-4-7(2)8-5-6;1-5(2)6(3)4;2*1-2;;;;;;;;;/h3*2-3,8,11-12H,4-7,9H2,1H3;6-7H,1-5H2;3-5H,1-2H3;1-4H3;2*1-2H3;6*1H3;;;/q;;;-1;;;;;;;;;;;+1;;/t3*12-;7-;;;;;;;;;;;;;/m0000............./s1. The van der Waals surface area contributed by atoms with E-state index in [4.69, 9.17) is 14.2 Å². The number of ether oxygens (including phenoxy) is 3. The number of pyridine rings is 4. The number of aromatic nitrogens is 4. The van der Waals surface area contributed by atoms with Gasteiger partial charge in [-0.05, 0) is 191 Å². The molecule has 8 bridgehead atoms. The van der Waals surface area contributed by atoms with Gasteiger partial charge in [0, 0.05) is 68.3 Å². The average Bonchev–Trinajstić information content (AvgIpc) is 3.60. The third-order valence-corrected chi connectivity index (χ3v) is 16.2. The summed E-state index contributed by atoms with van der Waals surface area (Å²) in [7, 11) is 0. The van der Waals surface area contributed by atoms with Crippen molar-refractivity contribution in [2.24, 2.45) is 23.7 Å². The molecule has 0 N–H and O–H groups in total. The minimum absolute atomic E-state index is 0. The molecule has 12 aliphatic rings. The van der Waals surface area contributed by atoms with Crippen LogP contribution in [0.5, 0.6) is 17.6 Å². The predicted molar refractivity (Wildman–Crippen MR) is 359 cm³/mol. The van der Waals surface area contributed by atoms with Crippen LogP contribution in [0.3, 0.4) is 0 Å². The molecule has 4 atom stereocenters. The molecule has 12 fully saturated rings. The molecule has 12 saturated heterocycles. The van der Waals surface area contributed by atoms with Crippen molar-refractivity contribution in [3.63, 3.8) is 0 Å². The van der Waals surface area contributed by atoms with Crippen molar-refractivity contribution in [2.75, 3.05) is 78.5 Å². The van der Waals surface area contributed by atoms with Gasteiger partial charge in [0.15, 0.2) is 0 Å². The van der Waals surface area contributed by atoms with E-state index in [0.717, 1.165) is 93.3 Å². The molecule has 12 aliphatic heterocycles. The largest absolute Gasteiger partial charge is 1.00 e. The van der Waals surface area contributed by atoms with E-state index in [1.165, 1.54) is 113 Å². The number of piperidine rings is 12. The molecule has 0 amide bonds. The van der Waals surface area contributed by atoms with Crippen molar-refractivity contribution in [2.45, 2.75) is 195 Å². The second kappa shape index (κ2) is 44.6. The monoisotopic (exact) mass is 1400 g/mol. The Bertz CT molecular complexity index is 2020. The molecule has 0 spiro atoms. The Morgan fingerprint density at radius 3 is 0.774 bits per heavy atom. The molecule has 4 aromatic rings. The summed E-state index contributed by atoms with van der Waals surface area (Å²) in [4.78, 5) is 41.0. The van der Waals surface area contributed by atoms with Gasteiger partial charge in [0.05, 0.1) is 0 Å². The normalized spacial score (nSPS) is 26.5. The Hall–Kier alpha value is -0.836. The molecule has 0 aliphatic carbocycles. The van der Waals surface area contributed by atoms with Crippen LogP contribution in [0.1, 0.15) is 107 Å². The van der Waals surface area contributed by atoms with Crippen molar-refractivity contribution in [3.8, 4) is 17.6 Å². The molecule has 464 valence electrons. The van der Waals surface area contributed by atoms with E-state index >= 15 is 0 Å². The first kappa shape index (κ1) is 79.3. The fraction of sp³-hybridized carbons (Fsp3) is 0.701. The van der Waals surface area contributed by atoms with Gasteiger partial charge in [0.25, 0.3) is 0 Å². The third-order valence-electron chi connectivity index (χ3n) is 16.2. The van der Waals surface area contributed by atoms with Crippen LogP contribution >= 0.6 is 0 Å². The zero-order valence-corrected chi connectivity index (χ0v) is 65.9. The Morgan fingerprint density at radius 2 is 0.631 bits per heavy atom. The zero-order valence-electron chi connectivity index (χ0n) is 57.1. The molecular weight excluding hydrogens is 1280 g/mol. The summed E-state index contributed by atoms with van der Waals surface area (Å²) in [5, 5.41) is 11.1. The average molecular weight is 1400 g/mol. The van der Waals surface area contributed by atoms with Crippen LogP contribution in [0.2, 0.25) is 56.9 Å². The minimum atomic E-state index is -0.543. The molecule has 2 radical (unpaired) electrons. The van der Waals surface area contributed by atoms with E-state index in [1.54, 1.807) is 0 Å². The van der Waals surface area contributed by atoms with Gasteiger partial charge in [-0.25, -0.2) is 15.0 Å². The van der Waals surface area contributed by atoms with E-state index in [0.29, 0.717) is 24.2 Å². The maximum Gasteiger partial charge on any atom is 1.00 e. The van der Waals surface area contributed by atoms with Crippen LogP contribution in [-0.4, -0.2) is 195 Å². The molecule has 4 aromatic heterocycles. The molecule has 84 heavy (non-hydrogen) atoms. The molecule has 16 rings (SSSR count). The molecule has 0 unspecified atom stereocenters. The van der Waals surface area contributed by atoms with E-state index < -0.39 is 39.5 Å². The SMILES string of the molecule is CB(C)B(C)C.CC.CC.Cc1ccc(C)nc1.Cc1ccc(O[C@H]2CN3CCC2CC3)nc1.Cc1ccc(O[C@H]2CN3CCC2CC3)nc1.Cc1ccc(O[C@H]2CN3CCC2CC3)nc1.[CH3][Sn]([CH3])[CH3].[CH3][Sn]([CH3])[CH3].[K+].[O-][C@H]1CN2CCC1CC2. The van der Waals surface area contributed by atoms with Crippen molar-refractivity contribution in [1.29, 1.82) is 0 Å². The summed E-state index contributed by atoms with van der Waals surface area (Å²) in [6, 6.07) is 16.2. The van der Waals surface area contributed by atoms with Crippen molar-refractivity contribution in [1.82, 2.24) is 39.5 Å². The second-order valence-electron chi connectivity index (χ2n) is 25.5. The fourth-order valence-corrected chi connectivity index (χ4v) is 10.6. The Morgan fingerprint density at radius 1 is 0.393 bits per heavy atom. The van der Waals surface area contributed by atoms with Gasteiger partial charge < -0.3 is 24.2 Å². The van der Waals surface area contributed by atoms with Gasteiger partial charge in [0.2, 0.25) is 17.6 Å². The zero-order chi connectivity index (χ0) is 61.4. The number of hydrogen-bond donors (Lipinski definition) is 0. The minimum Gasteiger partial charge on any atom is -0.851 e. The fourth-order valence-electron chi connectivity index (χ4n) is 10.6. The quantitative estimate of drug-likeness (QED) is 0.164. The predicted octanol–water partition coefficient (Wildman–Crippen LogP) is 10.1. The molecule has 12 nitrogen and oxygen atoms in total. The van der Waals surface area contributed by atoms with Gasteiger partial charge in [-0.2, -0.15) is 0 Å². The smallest absolute Gasteiger partial charge is 0.851 e. The van der Waals surface area contributed by atoms with Crippen LogP contribution in [-0.2, 0) is 0 Å². The second-order valence-corrected chi connectivity index (χ2v) is 42.7. The van der Waals surface area contributed by atoms with E-state index in [9.17, 15) is 5.11 Å². The number of aryl methyl sites for hydroxylation is 5. The Balaban J connectivity index is 0.000000339. The van der Waals surface area contributed by atoms with Crippen LogP contribution in [0, 0.1) is 58.3 Å². The molecule has 0 saturated carbocycles. The summed E-state index contributed by atoms with van der Waals surface area (Å²) in [6.07, 6.45) is 18.4. The molecule has 17 heteroatoms. The van der Waals surface area contributed by atoms with Crippen LogP contribution in [0.4, 0.5) is 0 Å². The number of hydrogen-bond acceptors (Lipinski definition) is 12. The van der Waals surface area contributed by atoms with E-state index in [1.807, 2.05) is 111 Å². The molecular formula is C67H117B2KN8O4Sn2. The van der Waals surface area contributed by atoms with Crippen LogP contribution in [0.25, 0.3) is 0 Å². The summed E-state index contributed by atoms with van der Waals surface area (Å²) in [6.45, 7) is 42.8. The van der Waals surface area contributed by atoms with Crippen LogP contribution in [0.15, 0.2) is 73.3 Å². The molecule has 0 aromatic carbocycles. The van der Waals surface area contributed by atoms with E-state index in [-0.39, 0.29) is 57.5 Å². The van der Waals surface area contributed by atoms with Crippen LogP contribution < -0.4 is 70.7 Å². The summed E-state index contributed by atoms with van der Waals surface area (Å²) in [5.74, 6) is 5.10. The maximum atomic E-state index is 11.1. The van der Waals surface area contributed by atoms with Gasteiger partial charge >= 0.3 is 121 Å². The van der Waals surface area contributed by atoms with Gasteiger partial charge in [-0.15, -0.1) is 6.10 Å². The number of fused-ring (bicyclic) bond motifs is 12. The van der Waals surface area contributed by atoms with Crippen molar-refractivity contribution < 1.29 is 70.7 Å². The van der Waals surface area contributed by atoms with Gasteiger partial charge in [-0.3, -0.25) is 19.7 Å². The van der Waals surface area contributed by atoms with Gasteiger partial charge in [-0.1, -0.05) is 85.2 Å². The number of nitrogens with zero attached hydrogens (tertiary/aromatic N) is 8. The Kier molecular flexibility index (Phi) is 42.1. The summed E-state index contributed by atoms with van der Waals surface area (Å²) in [5.41, 5.74) is 5.84. The van der Waals surface area contributed by atoms with Crippen molar-refractivity contribution in [3.05, 3.63) is 101 Å². The molecule has 16 heterocycles. The number of rotatable bonds is 7. The topological polar surface area (TPSA) is 115 Å². The first-order valence-electron chi connectivity index (χ1n) is 32.4. The maximum absolute atomic E-state index is 11.1. The van der Waals surface area contributed by atoms with Crippen molar-refractivity contribution >= 4 is 52.7 Å². The third kappa shape index (κ3) is 32.3. The first-order valence-corrected chi connectivity index (χ1v) is 49.6. The first-order chi connectivity index (χ1) is 39.7. The van der Waals surface area contributed by atoms with Gasteiger partial charge in [0.1, 0.15) is 31.5 Å². The Labute approximate surface area is 572 Å². The summed E-state index contributed by atoms with van der Waals surface area (Å²) < 4.78 is 18.0.